The molecular weight excluding hydrogens is 480 g/mol. The number of carbonyl (C=O) groups excluding carboxylic acids is 1. The number of carbonyl (C=O) groups is 1. The number of nitrogens with one attached hydrogen (secondary N) is 2. The molecule has 0 unspecified atom stereocenters. The summed E-state index contributed by atoms with van der Waals surface area (Å²) in [5.74, 6) is -0.324. The number of pyridine rings is 1. The molecule has 192 valence electrons. The highest BCUT2D eigenvalue weighted by Gasteiger charge is 2.26. The summed E-state index contributed by atoms with van der Waals surface area (Å²) in [6.07, 6.45) is 7.83. The van der Waals surface area contributed by atoms with Crippen LogP contribution >= 0.6 is 0 Å². The number of sulfonamides is 1. The van der Waals surface area contributed by atoms with E-state index in [9.17, 15) is 13.2 Å². The van der Waals surface area contributed by atoms with Gasteiger partial charge in [-0.1, -0.05) is 6.42 Å². The molecule has 11 heteroatoms. The van der Waals surface area contributed by atoms with Crippen LogP contribution in [-0.4, -0.2) is 65.7 Å². The molecular formula is C25H32N6O4S. The Balaban J connectivity index is 1.39. The Morgan fingerprint density at radius 1 is 1.08 bits per heavy atom. The molecule has 10 nitrogen and oxygen atoms in total. The Morgan fingerprint density at radius 2 is 1.81 bits per heavy atom. The van der Waals surface area contributed by atoms with E-state index in [1.165, 1.54) is 4.31 Å². The van der Waals surface area contributed by atoms with Crippen molar-refractivity contribution < 1.29 is 17.9 Å². The molecule has 0 bridgehead atoms. The predicted molar refractivity (Wildman–Crippen MR) is 138 cm³/mol. The highest BCUT2D eigenvalue weighted by Crippen LogP contribution is 2.29. The number of amides is 1. The fraction of sp³-hybridized carbons (Fsp3) is 0.480. The fourth-order valence-corrected chi connectivity index (χ4v) is 6.31. The number of fused-ring (bicyclic) bond motifs is 1. The number of aryl methyl sites for hydroxylation is 1. The molecule has 0 atom stereocenters. The number of anilines is 2. The van der Waals surface area contributed by atoms with Gasteiger partial charge in [0.1, 0.15) is 0 Å². The lowest BCUT2D eigenvalue weighted by Gasteiger charge is -2.26. The summed E-state index contributed by atoms with van der Waals surface area (Å²) in [5, 5.41) is 11.7. The van der Waals surface area contributed by atoms with Gasteiger partial charge in [-0.2, -0.15) is 9.40 Å². The predicted octanol–water partition coefficient (Wildman–Crippen LogP) is 3.47. The standard InChI is InChI=1S/C25H32N6O4S/c1-2-31-24-21(17-27-31)23(28-19-10-14-35-15-11-19)22(16-26-24)25(32)29-18-6-8-20(9-7-18)36(33,34)30-12-4-3-5-13-30/h6-9,16-17,19H,2-5,10-15H2,1H3,(H,26,28)(H,29,32). The van der Waals surface area contributed by atoms with E-state index in [-0.39, 0.29) is 16.8 Å². The average Bonchev–Trinajstić information content (AvgIpc) is 3.34. The van der Waals surface area contributed by atoms with E-state index in [0.717, 1.165) is 43.1 Å². The number of aromatic nitrogens is 3. The lowest BCUT2D eigenvalue weighted by Crippen LogP contribution is -2.35. The van der Waals surface area contributed by atoms with Crippen molar-refractivity contribution in [1.29, 1.82) is 0 Å². The summed E-state index contributed by atoms with van der Waals surface area (Å²) < 4.78 is 34.7. The number of ether oxygens (including phenoxy) is 1. The van der Waals surface area contributed by atoms with Crippen molar-refractivity contribution in [3.63, 3.8) is 0 Å². The Labute approximate surface area is 211 Å². The minimum absolute atomic E-state index is 0.181. The minimum atomic E-state index is -3.53. The fourth-order valence-electron chi connectivity index (χ4n) is 4.79. The van der Waals surface area contributed by atoms with Gasteiger partial charge < -0.3 is 15.4 Å². The van der Waals surface area contributed by atoms with Crippen LogP contribution in [0.3, 0.4) is 0 Å². The number of hydrogen-bond donors (Lipinski definition) is 2. The molecule has 0 spiro atoms. The second-order valence-electron chi connectivity index (χ2n) is 9.22. The lowest BCUT2D eigenvalue weighted by molar-refractivity contribution is 0.0904. The molecule has 4 heterocycles. The van der Waals surface area contributed by atoms with Gasteiger partial charge in [-0.15, -0.1) is 0 Å². The summed E-state index contributed by atoms with van der Waals surface area (Å²) in [6, 6.07) is 6.53. The van der Waals surface area contributed by atoms with E-state index in [0.29, 0.717) is 49.8 Å². The van der Waals surface area contributed by atoms with Crippen LogP contribution in [0.5, 0.6) is 0 Å². The smallest absolute Gasteiger partial charge is 0.259 e. The van der Waals surface area contributed by atoms with E-state index < -0.39 is 10.0 Å². The van der Waals surface area contributed by atoms with Crippen molar-refractivity contribution in [3.05, 3.63) is 42.2 Å². The molecule has 2 aliphatic rings. The second kappa shape index (κ2) is 10.5. The third-order valence-corrected chi connectivity index (χ3v) is 8.76. The number of rotatable bonds is 7. The van der Waals surface area contributed by atoms with Crippen LogP contribution in [0.2, 0.25) is 0 Å². The quantitative estimate of drug-likeness (QED) is 0.498. The summed E-state index contributed by atoms with van der Waals surface area (Å²) >= 11 is 0. The first-order valence-corrected chi connectivity index (χ1v) is 14.0. The van der Waals surface area contributed by atoms with Crippen molar-refractivity contribution in [2.75, 3.05) is 36.9 Å². The molecule has 5 rings (SSSR count). The van der Waals surface area contributed by atoms with Gasteiger partial charge in [-0.3, -0.25) is 4.79 Å². The van der Waals surface area contributed by atoms with Crippen LogP contribution in [-0.2, 0) is 21.3 Å². The number of nitrogens with zero attached hydrogens (tertiary/aromatic N) is 4. The molecule has 2 fully saturated rings. The minimum Gasteiger partial charge on any atom is -0.381 e. The van der Waals surface area contributed by atoms with Crippen LogP contribution in [0.1, 0.15) is 49.4 Å². The molecule has 0 saturated carbocycles. The first-order chi connectivity index (χ1) is 17.5. The molecule has 2 aliphatic heterocycles. The summed E-state index contributed by atoms with van der Waals surface area (Å²) in [4.78, 5) is 18.1. The highest BCUT2D eigenvalue weighted by atomic mass is 32.2. The van der Waals surface area contributed by atoms with Crippen LogP contribution in [0.4, 0.5) is 11.4 Å². The Kier molecular flexibility index (Phi) is 7.22. The van der Waals surface area contributed by atoms with Gasteiger partial charge in [-0.25, -0.2) is 18.1 Å². The lowest BCUT2D eigenvalue weighted by atomic mass is 10.1. The topological polar surface area (TPSA) is 118 Å². The first kappa shape index (κ1) is 24.7. The molecule has 1 amide bonds. The maximum atomic E-state index is 13.4. The molecule has 2 saturated heterocycles. The highest BCUT2D eigenvalue weighted by molar-refractivity contribution is 7.89. The van der Waals surface area contributed by atoms with Crippen molar-refractivity contribution in [1.82, 2.24) is 19.1 Å². The molecule has 2 aromatic heterocycles. The number of benzene rings is 1. The zero-order chi connectivity index (χ0) is 25.1. The molecule has 36 heavy (non-hydrogen) atoms. The second-order valence-corrected chi connectivity index (χ2v) is 11.2. The molecule has 1 aromatic carbocycles. The zero-order valence-corrected chi connectivity index (χ0v) is 21.3. The van der Waals surface area contributed by atoms with Crippen LogP contribution < -0.4 is 10.6 Å². The van der Waals surface area contributed by atoms with Crippen molar-refractivity contribution in [3.8, 4) is 0 Å². The van der Waals surface area contributed by atoms with Gasteiger partial charge in [-0.05, 0) is 56.9 Å². The largest absolute Gasteiger partial charge is 0.381 e. The Hall–Kier alpha value is -3.02. The maximum Gasteiger partial charge on any atom is 0.259 e. The molecule has 3 aromatic rings. The van der Waals surface area contributed by atoms with Crippen molar-refractivity contribution in [2.45, 2.75) is 56.5 Å². The van der Waals surface area contributed by atoms with Gasteiger partial charge in [0.15, 0.2) is 5.65 Å². The van der Waals surface area contributed by atoms with E-state index in [4.69, 9.17) is 4.74 Å². The normalized spacial score (nSPS) is 17.8. The summed E-state index contributed by atoms with van der Waals surface area (Å²) in [7, 11) is -3.53. The van der Waals surface area contributed by atoms with Crippen LogP contribution in [0.15, 0.2) is 41.6 Å². The van der Waals surface area contributed by atoms with E-state index in [1.807, 2.05) is 6.92 Å². The van der Waals surface area contributed by atoms with E-state index >= 15 is 0 Å². The maximum absolute atomic E-state index is 13.4. The molecule has 2 N–H and O–H groups in total. The van der Waals surface area contributed by atoms with Crippen LogP contribution in [0.25, 0.3) is 11.0 Å². The van der Waals surface area contributed by atoms with E-state index in [1.54, 1.807) is 41.3 Å². The SMILES string of the molecule is CCn1ncc2c(NC3CCOCC3)c(C(=O)Nc3ccc(S(=O)(=O)N4CCCCC4)cc3)cnc21. The molecule has 0 aliphatic carbocycles. The summed E-state index contributed by atoms with van der Waals surface area (Å²) in [5.41, 5.74) is 2.35. The van der Waals surface area contributed by atoms with Gasteiger partial charge in [0.25, 0.3) is 5.91 Å². The molecule has 0 radical (unpaired) electrons. The average molecular weight is 513 g/mol. The Morgan fingerprint density at radius 3 is 2.50 bits per heavy atom. The number of hydrogen-bond acceptors (Lipinski definition) is 7. The monoisotopic (exact) mass is 512 g/mol. The zero-order valence-electron chi connectivity index (χ0n) is 20.4. The van der Waals surface area contributed by atoms with Crippen molar-refractivity contribution >= 4 is 38.3 Å². The van der Waals surface area contributed by atoms with Crippen LogP contribution in [0, 0.1) is 0 Å². The van der Waals surface area contributed by atoms with E-state index in [2.05, 4.69) is 20.7 Å². The number of piperidine rings is 1. The third-order valence-electron chi connectivity index (χ3n) is 6.85. The van der Waals surface area contributed by atoms with Gasteiger partial charge in [0, 0.05) is 50.8 Å². The first-order valence-electron chi connectivity index (χ1n) is 12.6. The van der Waals surface area contributed by atoms with Crippen molar-refractivity contribution in [2.24, 2.45) is 0 Å². The van der Waals surface area contributed by atoms with Gasteiger partial charge in [0.2, 0.25) is 10.0 Å². The summed E-state index contributed by atoms with van der Waals surface area (Å²) in [6.45, 7) is 5.12. The Bertz CT molecular complexity index is 1330. The van der Waals surface area contributed by atoms with Gasteiger partial charge >= 0.3 is 0 Å². The van der Waals surface area contributed by atoms with Gasteiger partial charge in [0.05, 0.1) is 27.7 Å². The third kappa shape index (κ3) is 4.95.